The summed E-state index contributed by atoms with van der Waals surface area (Å²) in [5.74, 6) is 0.0550. The molecule has 0 aliphatic heterocycles. The van der Waals surface area contributed by atoms with Crippen molar-refractivity contribution < 1.29 is 9.13 Å². The highest BCUT2D eigenvalue weighted by molar-refractivity contribution is 9.10. The predicted molar refractivity (Wildman–Crippen MR) is 82.5 cm³/mol. The van der Waals surface area contributed by atoms with Crippen LogP contribution < -0.4 is 4.74 Å². The summed E-state index contributed by atoms with van der Waals surface area (Å²) < 4.78 is 20.0. The molecule has 2 aromatic rings. The van der Waals surface area contributed by atoms with E-state index in [1.165, 1.54) is 13.2 Å². The number of benzene rings is 2. The molecule has 1 unspecified atom stereocenters. The summed E-state index contributed by atoms with van der Waals surface area (Å²) in [7, 11) is 1.50. The fourth-order valence-corrected chi connectivity index (χ4v) is 2.85. The lowest BCUT2D eigenvalue weighted by Crippen LogP contribution is -1.99. The first-order valence-corrected chi connectivity index (χ1v) is 7.47. The quantitative estimate of drug-likeness (QED) is 0.593. The molecule has 0 fully saturated rings. The minimum absolute atomic E-state index is 0.365. The Kier molecular flexibility index (Phi) is 4.87. The van der Waals surface area contributed by atoms with Crippen LogP contribution in [0.2, 0.25) is 0 Å². The molecule has 0 saturated carbocycles. The maximum atomic E-state index is 13.5. The molecule has 0 amide bonds. The topological polar surface area (TPSA) is 9.23 Å². The van der Waals surface area contributed by atoms with Crippen molar-refractivity contribution >= 4 is 43.5 Å². The third-order valence-corrected chi connectivity index (χ3v) is 4.28. The van der Waals surface area contributed by atoms with Crippen molar-refractivity contribution in [3.63, 3.8) is 0 Å². The number of hydrogen-bond donors (Lipinski definition) is 0. The van der Waals surface area contributed by atoms with Gasteiger partial charge in [-0.2, -0.15) is 0 Å². The van der Waals surface area contributed by atoms with Crippen molar-refractivity contribution in [3.05, 3.63) is 62.3 Å². The fourth-order valence-electron chi connectivity index (χ4n) is 1.76. The molecular weight excluding hydrogens is 398 g/mol. The molecule has 1 atom stereocenters. The number of ether oxygens (including phenoxy) is 1. The van der Waals surface area contributed by atoms with Gasteiger partial charge in [0.25, 0.3) is 0 Å². The van der Waals surface area contributed by atoms with E-state index in [1.807, 2.05) is 24.3 Å². The van der Waals surface area contributed by atoms with E-state index in [9.17, 15) is 4.39 Å². The molecule has 19 heavy (non-hydrogen) atoms. The third kappa shape index (κ3) is 3.30. The number of methoxy groups -OCH3 is 1. The predicted octanol–water partition coefficient (Wildman–Crippen LogP) is 5.69. The second-order valence-corrected chi connectivity index (χ2v) is 6.13. The molecule has 0 spiro atoms. The summed E-state index contributed by atoms with van der Waals surface area (Å²) in [5, 5.41) is -0.413. The van der Waals surface area contributed by atoms with Crippen molar-refractivity contribution in [3.8, 4) is 5.75 Å². The zero-order valence-electron chi connectivity index (χ0n) is 9.96. The van der Waals surface area contributed by atoms with Crippen LogP contribution in [0.4, 0.5) is 4.39 Å². The third-order valence-electron chi connectivity index (χ3n) is 2.69. The second-order valence-electron chi connectivity index (χ2n) is 3.93. The molecule has 0 heterocycles. The molecule has 100 valence electrons. The maximum absolute atomic E-state index is 13.5. The van der Waals surface area contributed by atoms with Gasteiger partial charge in [0.1, 0.15) is 11.6 Å². The van der Waals surface area contributed by atoms with Gasteiger partial charge in [-0.15, -0.1) is 11.6 Å². The Bertz CT molecular complexity index is 604. The molecule has 0 aromatic heterocycles. The second kappa shape index (κ2) is 6.25. The van der Waals surface area contributed by atoms with Crippen LogP contribution >= 0.6 is 43.5 Å². The molecule has 5 heteroatoms. The van der Waals surface area contributed by atoms with E-state index in [1.54, 1.807) is 6.07 Å². The van der Waals surface area contributed by atoms with Crippen LogP contribution in [0.1, 0.15) is 16.5 Å². The first-order valence-electron chi connectivity index (χ1n) is 5.45. The Balaban J connectivity index is 2.49. The Labute approximate surface area is 133 Å². The summed E-state index contributed by atoms with van der Waals surface area (Å²) in [4.78, 5) is 0. The van der Waals surface area contributed by atoms with Crippen LogP contribution in [0.5, 0.6) is 5.75 Å². The zero-order chi connectivity index (χ0) is 14.0. The number of alkyl halides is 1. The van der Waals surface area contributed by atoms with Gasteiger partial charge < -0.3 is 4.74 Å². The largest absolute Gasteiger partial charge is 0.496 e. The molecule has 1 nitrogen and oxygen atoms in total. The van der Waals surface area contributed by atoms with Crippen molar-refractivity contribution in [2.75, 3.05) is 7.11 Å². The van der Waals surface area contributed by atoms with Gasteiger partial charge in [-0.05, 0) is 39.7 Å². The van der Waals surface area contributed by atoms with Crippen molar-refractivity contribution in [1.82, 2.24) is 0 Å². The molecule has 0 aliphatic carbocycles. The molecule has 0 bridgehead atoms. The number of halogens is 4. The highest BCUT2D eigenvalue weighted by Crippen LogP contribution is 2.38. The van der Waals surface area contributed by atoms with Gasteiger partial charge in [0.05, 0.1) is 17.0 Å². The molecule has 2 rings (SSSR count). The maximum Gasteiger partial charge on any atom is 0.141 e. The van der Waals surface area contributed by atoms with Gasteiger partial charge in [-0.3, -0.25) is 0 Å². The van der Waals surface area contributed by atoms with Crippen LogP contribution in [-0.2, 0) is 0 Å². The van der Waals surface area contributed by atoms with Gasteiger partial charge in [0.2, 0.25) is 0 Å². The van der Waals surface area contributed by atoms with E-state index in [0.29, 0.717) is 10.2 Å². The standard InChI is InChI=1S/C14H10Br2ClFO/c1-19-13-7-12(18)11(16)6-10(13)14(17)8-3-2-4-9(15)5-8/h2-7,14H,1H3. The monoisotopic (exact) mass is 406 g/mol. The molecule has 0 radical (unpaired) electrons. The molecule has 0 N–H and O–H groups in total. The lowest BCUT2D eigenvalue weighted by atomic mass is 10.0. The van der Waals surface area contributed by atoms with Gasteiger partial charge in [-0.1, -0.05) is 28.1 Å². The molecular formula is C14H10Br2ClFO. The first kappa shape index (κ1) is 14.8. The van der Waals surface area contributed by atoms with Crippen LogP contribution in [0.15, 0.2) is 45.3 Å². The Morgan fingerprint density at radius 3 is 2.58 bits per heavy atom. The van der Waals surface area contributed by atoms with E-state index in [2.05, 4.69) is 31.9 Å². The van der Waals surface area contributed by atoms with Crippen molar-refractivity contribution in [2.45, 2.75) is 5.38 Å². The lowest BCUT2D eigenvalue weighted by molar-refractivity contribution is 0.406. The first-order chi connectivity index (χ1) is 9.02. The number of rotatable bonds is 3. The summed E-state index contributed by atoms with van der Waals surface area (Å²) >= 11 is 13.0. The summed E-state index contributed by atoms with van der Waals surface area (Å²) in [6, 6.07) is 10.6. The minimum Gasteiger partial charge on any atom is -0.496 e. The van der Waals surface area contributed by atoms with E-state index in [-0.39, 0.29) is 5.82 Å². The summed E-state index contributed by atoms with van der Waals surface area (Å²) in [5.41, 5.74) is 1.63. The molecule has 0 aliphatic rings. The normalized spacial score (nSPS) is 12.3. The van der Waals surface area contributed by atoms with Crippen molar-refractivity contribution in [2.24, 2.45) is 0 Å². The average molecular weight is 408 g/mol. The van der Waals surface area contributed by atoms with Gasteiger partial charge in [0.15, 0.2) is 0 Å². The van der Waals surface area contributed by atoms with Gasteiger partial charge >= 0.3 is 0 Å². The molecule has 2 aromatic carbocycles. The van der Waals surface area contributed by atoms with Crippen LogP contribution in [0.3, 0.4) is 0 Å². The smallest absolute Gasteiger partial charge is 0.141 e. The van der Waals surface area contributed by atoms with E-state index in [4.69, 9.17) is 16.3 Å². The van der Waals surface area contributed by atoms with Gasteiger partial charge in [-0.25, -0.2) is 4.39 Å². The summed E-state index contributed by atoms with van der Waals surface area (Å²) in [6.45, 7) is 0. The van der Waals surface area contributed by atoms with E-state index < -0.39 is 5.38 Å². The van der Waals surface area contributed by atoms with Crippen LogP contribution in [-0.4, -0.2) is 7.11 Å². The summed E-state index contributed by atoms with van der Waals surface area (Å²) in [6.07, 6.45) is 0. The van der Waals surface area contributed by atoms with E-state index >= 15 is 0 Å². The highest BCUT2D eigenvalue weighted by Gasteiger charge is 2.18. The lowest BCUT2D eigenvalue weighted by Gasteiger charge is -2.15. The van der Waals surface area contributed by atoms with Crippen LogP contribution in [0.25, 0.3) is 0 Å². The fraction of sp³-hybridized carbons (Fsp3) is 0.143. The Hall–Kier alpha value is -0.580. The Morgan fingerprint density at radius 2 is 1.95 bits per heavy atom. The zero-order valence-corrected chi connectivity index (χ0v) is 13.9. The number of hydrogen-bond acceptors (Lipinski definition) is 1. The van der Waals surface area contributed by atoms with Crippen LogP contribution in [0, 0.1) is 5.82 Å². The SMILES string of the molecule is COc1cc(F)c(Br)cc1C(Cl)c1cccc(Br)c1. The van der Waals surface area contributed by atoms with Crippen molar-refractivity contribution in [1.29, 1.82) is 0 Å². The van der Waals surface area contributed by atoms with Gasteiger partial charge in [0, 0.05) is 16.1 Å². The minimum atomic E-state index is -0.413. The molecule has 0 saturated heterocycles. The average Bonchev–Trinajstić information content (AvgIpc) is 2.40. The Morgan fingerprint density at radius 1 is 1.21 bits per heavy atom. The highest BCUT2D eigenvalue weighted by atomic mass is 79.9. The van der Waals surface area contributed by atoms with E-state index in [0.717, 1.165) is 15.6 Å².